The van der Waals surface area contributed by atoms with Crippen molar-refractivity contribution in [2.45, 2.75) is 0 Å². The summed E-state index contributed by atoms with van der Waals surface area (Å²) in [4.78, 5) is 6.06. The van der Waals surface area contributed by atoms with Gasteiger partial charge in [-0.25, -0.2) is 4.98 Å². The van der Waals surface area contributed by atoms with E-state index in [-0.39, 0.29) is 0 Å². The van der Waals surface area contributed by atoms with E-state index >= 15 is 0 Å². The van der Waals surface area contributed by atoms with Gasteiger partial charge in [-0.1, -0.05) is 30.3 Å². The monoisotopic (exact) mass is 329 g/mol. The van der Waals surface area contributed by atoms with Crippen molar-refractivity contribution in [3.05, 3.63) is 71.5 Å². The zero-order valence-electron chi connectivity index (χ0n) is 12.5. The molecule has 2 heterocycles. The number of nitrogens with zero attached hydrogens (tertiary/aromatic N) is 5. The molecule has 0 saturated heterocycles. The molecule has 0 fully saturated rings. The molecule has 0 aliphatic carbocycles. The van der Waals surface area contributed by atoms with Crippen LogP contribution in [0.1, 0.15) is 10.7 Å². The molecule has 0 bridgehead atoms. The fourth-order valence-corrected chi connectivity index (χ4v) is 3.24. The minimum absolute atomic E-state index is 0.483. The molecule has 0 aliphatic heterocycles. The van der Waals surface area contributed by atoms with E-state index in [1.165, 1.54) is 11.3 Å². The van der Waals surface area contributed by atoms with E-state index in [1.807, 2.05) is 54.6 Å². The van der Waals surface area contributed by atoms with E-state index in [0.29, 0.717) is 16.3 Å². The Balaban J connectivity index is 1.71. The molecule has 6 heteroatoms. The number of hydrogen-bond acceptors (Lipinski definition) is 5. The lowest BCUT2D eigenvalue weighted by molar-refractivity contribution is 0.750. The fourth-order valence-electron chi connectivity index (χ4n) is 2.30. The molecule has 0 spiro atoms. The Labute approximate surface area is 142 Å². The number of para-hydroxylation sites is 2. The average molecular weight is 329 g/mol. The van der Waals surface area contributed by atoms with Gasteiger partial charge >= 0.3 is 0 Å². The molecule has 24 heavy (non-hydrogen) atoms. The molecule has 0 saturated carbocycles. The number of rotatable bonds is 3. The Hall–Kier alpha value is -3.30. The Morgan fingerprint density at radius 1 is 1.08 bits per heavy atom. The second-order valence-electron chi connectivity index (χ2n) is 5.05. The first kappa shape index (κ1) is 14.3. The van der Waals surface area contributed by atoms with Gasteiger partial charge in [0.25, 0.3) is 0 Å². The van der Waals surface area contributed by atoms with Crippen LogP contribution in [0.5, 0.6) is 0 Å². The summed E-state index contributed by atoms with van der Waals surface area (Å²) in [5.74, 6) is 0. The van der Waals surface area contributed by atoms with Crippen molar-refractivity contribution in [3.8, 4) is 11.8 Å². The third-order valence-electron chi connectivity index (χ3n) is 3.43. The fraction of sp³-hybridized carbons (Fsp3) is 0. The van der Waals surface area contributed by atoms with Crippen molar-refractivity contribution in [1.29, 1.82) is 5.26 Å². The van der Waals surface area contributed by atoms with Crippen LogP contribution in [0, 0.1) is 11.3 Å². The maximum atomic E-state index is 9.48. The van der Waals surface area contributed by atoms with Gasteiger partial charge in [0.2, 0.25) is 0 Å². The number of hydrogen-bond donors (Lipinski definition) is 0. The quantitative estimate of drug-likeness (QED) is 0.534. The molecular formula is C18H11N5S. The first-order valence-electron chi connectivity index (χ1n) is 7.29. The van der Waals surface area contributed by atoms with Crippen LogP contribution < -0.4 is 0 Å². The first-order chi connectivity index (χ1) is 11.8. The second kappa shape index (κ2) is 6.07. The minimum Gasteiger partial charge on any atom is -0.235 e. The third-order valence-corrected chi connectivity index (χ3v) is 4.50. The molecule has 0 aliphatic rings. The summed E-state index contributed by atoms with van der Waals surface area (Å²) in [6.07, 6.45) is 3.35. The van der Waals surface area contributed by atoms with Crippen molar-refractivity contribution < 1.29 is 0 Å². The number of benzene rings is 2. The molecule has 4 rings (SSSR count). The minimum atomic E-state index is 0.483. The third kappa shape index (κ3) is 2.69. The highest BCUT2D eigenvalue weighted by atomic mass is 32.1. The van der Waals surface area contributed by atoms with Crippen LogP contribution in [-0.2, 0) is 0 Å². The van der Waals surface area contributed by atoms with Crippen molar-refractivity contribution in [2.24, 2.45) is 0 Å². The predicted octanol–water partition coefficient (Wildman–Crippen LogP) is 3.94. The predicted molar refractivity (Wildman–Crippen MR) is 94.5 cm³/mol. The van der Waals surface area contributed by atoms with Gasteiger partial charge in [0.05, 0.1) is 27.7 Å². The molecule has 0 N–H and O–H groups in total. The normalized spacial score (nSPS) is 11.5. The van der Waals surface area contributed by atoms with Crippen LogP contribution in [0.3, 0.4) is 0 Å². The van der Waals surface area contributed by atoms with E-state index in [9.17, 15) is 5.26 Å². The topological polar surface area (TPSA) is 67.4 Å². The van der Waals surface area contributed by atoms with Gasteiger partial charge in [-0.3, -0.25) is 0 Å². The summed E-state index contributed by atoms with van der Waals surface area (Å²) < 4.78 is 1.06. The summed E-state index contributed by atoms with van der Waals surface area (Å²) in [7, 11) is 0. The highest BCUT2D eigenvalue weighted by Gasteiger charge is 2.10. The van der Waals surface area contributed by atoms with E-state index in [1.54, 1.807) is 17.1 Å². The van der Waals surface area contributed by atoms with Crippen LogP contribution in [0.25, 0.3) is 27.6 Å². The molecule has 0 radical (unpaired) electrons. The van der Waals surface area contributed by atoms with E-state index < -0.39 is 0 Å². The molecule has 0 atom stereocenters. The Morgan fingerprint density at radius 3 is 2.67 bits per heavy atom. The highest BCUT2D eigenvalue weighted by molar-refractivity contribution is 7.19. The number of thiazole rings is 1. The van der Waals surface area contributed by atoms with Crippen LogP contribution in [0.4, 0.5) is 0 Å². The van der Waals surface area contributed by atoms with Crippen LogP contribution in [-0.4, -0.2) is 20.0 Å². The van der Waals surface area contributed by atoms with Crippen LogP contribution in [0.2, 0.25) is 0 Å². The molecule has 2 aromatic heterocycles. The smallest absolute Gasteiger partial charge is 0.135 e. The SMILES string of the molecule is N#C/C(=C\c1cnn(-c2ccccc2)n1)c1nc2ccccc2s1. The Morgan fingerprint density at radius 2 is 1.88 bits per heavy atom. The van der Waals surface area contributed by atoms with Gasteiger partial charge in [-0.15, -0.1) is 16.4 Å². The highest BCUT2D eigenvalue weighted by Crippen LogP contribution is 2.27. The van der Waals surface area contributed by atoms with Crippen molar-refractivity contribution in [3.63, 3.8) is 0 Å². The van der Waals surface area contributed by atoms with Crippen LogP contribution in [0.15, 0.2) is 60.8 Å². The first-order valence-corrected chi connectivity index (χ1v) is 8.11. The molecule has 0 unspecified atom stereocenters. The molecular weight excluding hydrogens is 318 g/mol. The largest absolute Gasteiger partial charge is 0.235 e. The lowest BCUT2D eigenvalue weighted by Crippen LogP contribution is -1.97. The number of fused-ring (bicyclic) bond motifs is 1. The molecule has 5 nitrogen and oxygen atoms in total. The standard InChI is InChI=1S/C18H11N5S/c19-11-13(18-21-16-8-4-5-9-17(16)24-18)10-14-12-20-23(22-14)15-6-2-1-3-7-15/h1-10,12H/b13-10+. The number of aromatic nitrogens is 4. The zero-order chi connectivity index (χ0) is 16.4. The molecule has 4 aromatic rings. The lowest BCUT2D eigenvalue weighted by Gasteiger charge is -1.96. The Bertz CT molecular complexity index is 1040. The Kier molecular flexibility index (Phi) is 3.61. The summed E-state index contributed by atoms with van der Waals surface area (Å²) in [6.45, 7) is 0. The molecule has 114 valence electrons. The maximum Gasteiger partial charge on any atom is 0.135 e. The molecule has 0 amide bonds. The van der Waals surface area contributed by atoms with E-state index in [4.69, 9.17) is 0 Å². The van der Waals surface area contributed by atoms with Gasteiger partial charge in [0, 0.05) is 0 Å². The van der Waals surface area contributed by atoms with Crippen molar-refractivity contribution in [2.75, 3.05) is 0 Å². The van der Waals surface area contributed by atoms with Gasteiger partial charge in [-0.05, 0) is 30.3 Å². The zero-order valence-corrected chi connectivity index (χ0v) is 13.3. The summed E-state index contributed by atoms with van der Waals surface area (Å²) >= 11 is 1.50. The summed E-state index contributed by atoms with van der Waals surface area (Å²) in [6, 6.07) is 19.7. The summed E-state index contributed by atoms with van der Waals surface area (Å²) in [5, 5.41) is 18.8. The number of nitriles is 1. The molecule has 2 aromatic carbocycles. The summed E-state index contributed by atoms with van der Waals surface area (Å²) in [5.41, 5.74) is 2.87. The average Bonchev–Trinajstić information content (AvgIpc) is 3.27. The van der Waals surface area contributed by atoms with Crippen LogP contribution >= 0.6 is 11.3 Å². The van der Waals surface area contributed by atoms with Gasteiger partial charge in [0.1, 0.15) is 16.8 Å². The van der Waals surface area contributed by atoms with Crippen molar-refractivity contribution in [1.82, 2.24) is 20.0 Å². The second-order valence-corrected chi connectivity index (χ2v) is 6.08. The van der Waals surface area contributed by atoms with Gasteiger partial charge in [0.15, 0.2) is 0 Å². The van der Waals surface area contributed by atoms with Gasteiger partial charge < -0.3 is 0 Å². The number of allylic oxidation sites excluding steroid dienone is 1. The maximum absolute atomic E-state index is 9.48. The van der Waals surface area contributed by atoms with E-state index in [2.05, 4.69) is 21.3 Å². The van der Waals surface area contributed by atoms with Gasteiger partial charge in [-0.2, -0.15) is 15.2 Å². The lowest BCUT2D eigenvalue weighted by atomic mass is 10.2. The van der Waals surface area contributed by atoms with Crippen molar-refractivity contribution >= 4 is 33.2 Å². The van der Waals surface area contributed by atoms with E-state index in [0.717, 1.165) is 15.9 Å².